The third-order valence-electron chi connectivity index (χ3n) is 2.64. The average Bonchev–Trinajstić information content (AvgIpc) is 2.72. The van der Waals surface area contributed by atoms with Gasteiger partial charge in [0.05, 0.1) is 23.0 Å². The molecule has 1 fully saturated rings. The van der Waals surface area contributed by atoms with Crippen LogP contribution in [0.3, 0.4) is 0 Å². The molecule has 6 heteroatoms. The number of hydrogen-bond acceptors (Lipinski definition) is 4. The Hall–Kier alpha value is -0.980. The number of nitrogens with zero attached hydrogens (tertiary/aromatic N) is 1. The van der Waals surface area contributed by atoms with Gasteiger partial charge in [-0.25, -0.2) is 0 Å². The Morgan fingerprint density at radius 2 is 2.18 bits per heavy atom. The van der Waals surface area contributed by atoms with Gasteiger partial charge in [-0.1, -0.05) is 15.9 Å². The number of benzene rings is 1. The van der Waals surface area contributed by atoms with Crippen molar-refractivity contribution in [2.45, 2.75) is 18.8 Å². The zero-order valence-corrected chi connectivity index (χ0v) is 10.8. The number of rotatable bonds is 3. The van der Waals surface area contributed by atoms with E-state index < -0.39 is 10.7 Å². The molecule has 0 bridgehead atoms. The van der Waals surface area contributed by atoms with E-state index in [1.54, 1.807) is 12.1 Å². The zero-order valence-electron chi connectivity index (χ0n) is 9.26. The molecule has 0 spiro atoms. The first-order valence-electron chi connectivity index (χ1n) is 5.20. The van der Waals surface area contributed by atoms with E-state index in [0.717, 1.165) is 5.56 Å². The normalized spacial score (nSPS) is 28.2. The van der Waals surface area contributed by atoms with Crippen molar-refractivity contribution >= 4 is 21.6 Å². The van der Waals surface area contributed by atoms with Crippen molar-refractivity contribution in [3.8, 4) is 0 Å². The Morgan fingerprint density at radius 1 is 1.53 bits per heavy atom. The lowest BCUT2D eigenvalue weighted by molar-refractivity contribution is -0.384. The number of non-ortho nitro benzene ring substituents is 1. The number of hydrogen-bond donors (Lipinski definition) is 0. The highest BCUT2D eigenvalue weighted by molar-refractivity contribution is 9.09. The van der Waals surface area contributed by atoms with Gasteiger partial charge in [-0.3, -0.25) is 10.1 Å². The molecule has 5 nitrogen and oxygen atoms in total. The number of ether oxygens (including phenoxy) is 2. The van der Waals surface area contributed by atoms with Gasteiger partial charge in [-0.2, -0.15) is 0 Å². The van der Waals surface area contributed by atoms with Crippen molar-refractivity contribution < 1.29 is 14.4 Å². The third kappa shape index (κ3) is 2.34. The monoisotopic (exact) mass is 301 g/mol. The molecule has 0 amide bonds. The van der Waals surface area contributed by atoms with Crippen molar-refractivity contribution in [2.75, 3.05) is 11.9 Å². The maximum Gasteiger partial charge on any atom is 0.269 e. The van der Waals surface area contributed by atoms with E-state index in [-0.39, 0.29) is 11.8 Å². The summed E-state index contributed by atoms with van der Waals surface area (Å²) in [6, 6.07) is 6.24. The second kappa shape index (κ2) is 4.72. The molecule has 1 heterocycles. The number of nitro benzene ring substituents is 1. The van der Waals surface area contributed by atoms with Crippen molar-refractivity contribution in [3.63, 3.8) is 0 Å². The Kier molecular flexibility index (Phi) is 3.46. The van der Waals surface area contributed by atoms with Gasteiger partial charge < -0.3 is 9.47 Å². The first-order valence-corrected chi connectivity index (χ1v) is 6.32. The SMILES string of the molecule is CC1COC(CBr)(c2ccc([N+](=O)[O-])cc2)O1. The summed E-state index contributed by atoms with van der Waals surface area (Å²) < 4.78 is 11.4. The summed E-state index contributed by atoms with van der Waals surface area (Å²) in [6.45, 7) is 2.44. The second-order valence-electron chi connectivity index (χ2n) is 3.93. The number of halogens is 1. The average molecular weight is 302 g/mol. The lowest BCUT2D eigenvalue weighted by atomic mass is 10.1. The van der Waals surface area contributed by atoms with Gasteiger partial charge in [0.15, 0.2) is 0 Å². The molecule has 2 unspecified atom stereocenters. The maximum absolute atomic E-state index is 10.6. The van der Waals surface area contributed by atoms with Gasteiger partial charge in [0.25, 0.3) is 5.69 Å². The van der Waals surface area contributed by atoms with Crippen molar-refractivity contribution in [3.05, 3.63) is 39.9 Å². The van der Waals surface area contributed by atoms with Crippen molar-refractivity contribution in [2.24, 2.45) is 0 Å². The highest BCUT2D eigenvalue weighted by atomic mass is 79.9. The largest absolute Gasteiger partial charge is 0.342 e. The van der Waals surface area contributed by atoms with Crippen LogP contribution < -0.4 is 0 Å². The molecule has 2 rings (SSSR count). The molecule has 0 N–H and O–H groups in total. The molecule has 1 aromatic rings. The van der Waals surface area contributed by atoms with Gasteiger partial charge in [0, 0.05) is 17.7 Å². The molecule has 1 aromatic carbocycles. The third-order valence-corrected chi connectivity index (χ3v) is 3.37. The second-order valence-corrected chi connectivity index (χ2v) is 4.49. The van der Waals surface area contributed by atoms with Crippen LogP contribution in [0, 0.1) is 10.1 Å². The summed E-state index contributed by atoms with van der Waals surface area (Å²) in [4.78, 5) is 10.1. The Labute approximate surface area is 107 Å². The van der Waals surface area contributed by atoms with Gasteiger partial charge in [0.2, 0.25) is 5.79 Å². The maximum atomic E-state index is 10.6. The van der Waals surface area contributed by atoms with Gasteiger partial charge in [-0.05, 0) is 19.1 Å². The minimum atomic E-state index is -0.825. The van der Waals surface area contributed by atoms with Crippen LogP contribution in [0.5, 0.6) is 0 Å². The smallest absolute Gasteiger partial charge is 0.269 e. The van der Waals surface area contributed by atoms with Crippen LogP contribution in [0.15, 0.2) is 24.3 Å². The van der Waals surface area contributed by atoms with Gasteiger partial charge in [-0.15, -0.1) is 0 Å². The van der Waals surface area contributed by atoms with Crippen molar-refractivity contribution in [1.29, 1.82) is 0 Å². The Bertz CT molecular complexity index is 422. The van der Waals surface area contributed by atoms with Gasteiger partial charge in [0.1, 0.15) is 0 Å². The lowest BCUT2D eigenvalue weighted by Crippen LogP contribution is -2.29. The van der Waals surface area contributed by atoms with Crippen LogP contribution in [-0.4, -0.2) is 23.0 Å². The van der Waals surface area contributed by atoms with E-state index in [1.807, 2.05) is 6.92 Å². The Morgan fingerprint density at radius 3 is 2.59 bits per heavy atom. The van der Waals surface area contributed by atoms with E-state index in [2.05, 4.69) is 15.9 Å². The Balaban J connectivity index is 2.29. The fourth-order valence-electron chi connectivity index (χ4n) is 1.78. The summed E-state index contributed by atoms with van der Waals surface area (Å²) in [6.07, 6.45) is 0.0164. The molecule has 2 atom stereocenters. The zero-order chi connectivity index (χ0) is 12.5. The molecular weight excluding hydrogens is 290 g/mol. The van der Waals surface area contributed by atoms with Crippen LogP contribution in [0.4, 0.5) is 5.69 Å². The molecule has 0 radical (unpaired) electrons. The molecule has 1 aliphatic rings. The molecule has 1 aliphatic heterocycles. The number of nitro groups is 1. The van der Waals surface area contributed by atoms with Crippen LogP contribution in [0.25, 0.3) is 0 Å². The summed E-state index contributed by atoms with van der Waals surface area (Å²) in [5.74, 6) is -0.825. The molecule has 0 aromatic heterocycles. The fraction of sp³-hybridized carbons (Fsp3) is 0.455. The summed E-state index contributed by atoms with van der Waals surface area (Å²) in [7, 11) is 0. The lowest BCUT2D eigenvalue weighted by Gasteiger charge is -2.25. The summed E-state index contributed by atoms with van der Waals surface area (Å²) >= 11 is 3.36. The summed E-state index contributed by atoms with van der Waals surface area (Å²) in [5, 5.41) is 11.1. The summed E-state index contributed by atoms with van der Waals surface area (Å²) in [5.41, 5.74) is 0.842. The van der Waals surface area contributed by atoms with E-state index in [1.165, 1.54) is 12.1 Å². The van der Waals surface area contributed by atoms with Crippen LogP contribution in [0.1, 0.15) is 12.5 Å². The van der Waals surface area contributed by atoms with E-state index >= 15 is 0 Å². The van der Waals surface area contributed by atoms with Crippen LogP contribution in [0.2, 0.25) is 0 Å². The molecule has 0 saturated carbocycles. The van der Waals surface area contributed by atoms with Crippen LogP contribution in [-0.2, 0) is 15.3 Å². The van der Waals surface area contributed by atoms with E-state index in [0.29, 0.717) is 11.9 Å². The molecule has 1 saturated heterocycles. The first kappa shape index (κ1) is 12.5. The molecule has 17 heavy (non-hydrogen) atoms. The standard InChI is InChI=1S/C11H12BrNO4/c1-8-6-16-11(7-12,17-8)9-2-4-10(5-3-9)13(14)15/h2-5,8H,6-7H2,1H3. The quantitative estimate of drug-likeness (QED) is 0.489. The first-order chi connectivity index (χ1) is 8.07. The topological polar surface area (TPSA) is 61.6 Å². The van der Waals surface area contributed by atoms with Crippen LogP contribution >= 0.6 is 15.9 Å². The molecule has 92 valence electrons. The predicted octanol–water partition coefficient (Wildman–Crippen LogP) is 2.58. The van der Waals surface area contributed by atoms with E-state index in [4.69, 9.17) is 9.47 Å². The predicted molar refractivity (Wildman–Crippen MR) is 65.1 cm³/mol. The van der Waals surface area contributed by atoms with E-state index in [9.17, 15) is 10.1 Å². The minimum Gasteiger partial charge on any atom is -0.342 e. The van der Waals surface area contributed by atoms with Gasteiger partial charge >= 0.3 is 0 Å². The fourth-order valence-corrected chi connectivity index (χ4v) is 2.40. The highest BCUT2D eigenvalue weighted by Gasteiger charge is 2.40. The highest BCUT2D eigenvalue weighted by Crippen LogP contribution is 2.36. The van der Waals surface area contributed by atoms with Crippen molar-refractivity contribution in [1.82, 2.24) is 0 Å². The minimum absolute atomic E-state index is 0.0164. The molecule has 0 aliphatic carbocycles. The number of alkyl halides is 1. The molecular formula is C11H12BrNO4.